The number of carbonyl (C=O) groups excluding carboxylic acids is 2. The molecule has 0 atom stereocenters. The monoisotopic (exact) mass is 362 g/mol. The summed E-state index contributed by atoms with van der Waals surface area (Å²) in [6.45, 7) is 3.06. The van der Waals surface area contributed by atoms with Crippen molar-refractivity contribution in [2.75, 3.05) is 13.1 Å². The van der Waals surface area contributed by atoms with Gasteiger partial charge in [0.05, 0.1) is 6.54 Å². The van der Waals surface area contributed by atoms with Gasteiger partial charge < -0.3 is 14.7 Å². The zero-order chi connectivity index (χ0) is 17.8. The molecular weight excluding hydrogens is 344 g/mol. The van der Waals surface area contributed by atoms with E-state index in [1.807, 2.05) is 0 Å². The first kappa shape index (κ1) is 17.4. The van der Waals surface area contributed by atoms with Gasteiger partial charge in [0.25, 0.3) is 5.91 Å². The quantitative estimate of drug-likeness (QED) is 0.900. The van der Waals surface area contributed by atoms with E-state index in [1.54, 1.807) is 36.1 Å². The molecule has 132 valence electrons. The maximum absolute atomic E-state index is 12.5. The summed E-state index contributed by atoms with van der Waals surface area (Å²) in [6.07, 6.45) is 1.27. The highest BCUT2D eigenvalue weighted by atomic mass is 35.5. The lowest BCUT2D eigenvalue weighted by atomic mass is 9.95. The van der Waals surface area contributed by atoms with E-state index in [0.717, 1.165) is 0 Å². The second-order valence-electron chi connectivity index (χ2n) is 6.03. The standard InChI is InChI=1S/C17H19ClN4O3/c1-11-20-15(25-21-11)10-19-16(23)12-6-8-22(9-7-12)17(24)13-2-4-14(18)5-3-13/h2-5,12H,6-10H2,1H3,(H,19,23). The molecule has 1 aliphatic heterocycles. The third-order valence-electron chi connectivity index (χ3n) is 4.23. The minimum atomic E-state index is -0.113. The molecule has 1 saturated heterocycles. The Morgan fingerprint density at radius 2 is 1.96 bits per heavy atom. The summed E-state index contributed by atoms with van der Waals surface area (Å²) in [5, 5.41) is 7.09. The summed E-state index contributed by atoms with van der Waals surface area (Å²) in [5.41, 5.74) is 0.610. The number of nitrogens with one attached hydrogen (secondary N) is 1. The van der Waals surface area contributed by atoms with E-state index in [4.69, 9.17) is 16.1 Å². The predicted octanol–water partition coefficient (Wildman–Crippen LogP) is 2.20. The molecule has 0 spiro atoms. The van der Waals surface area contributed by atoms with E-state index >= 15 is 0 Å². The van der Waals surface area contributed by atoms with Gasteiger partial charge in [-0.25, -0.2) is 0 Å². The molecule has 0 unspecified atom stereocenters. The molecule has 1 aromatic heterocycles. The van der Waals surface area contributed by atoms with E-state index < -0.39 is 0 Å². The van der Waals surface area contributed by atoms with E-state index in [9.17, 15) is 9.59 Å². The van der Waals surface area contributed by atoms with E-state index in [-0.39, 0.29) is 24.3 Å². The minimum Gasteiger partial charge on any atom is -0.347 e. The molecule has 2 aromatic rings. The number of aryl methyl sites for hydroxylation is 1. The highest BCUT2D eigenvalue weighted by molar-refractivity contribution is 6.30. The SMILES string of the molecule is Cc1noc(CNC(=O)C2CCN(C(=O)c3ccc(Cl)cc3)CC2)n1. The van der Waals surface area contributed by atoms with Crippen molar-refractivity contribution in [2.24, 2.45) is 5.92 Å². The number of nitrogens with zero attached hydrogens (tertiary/aromatic N) is 3. The number of aromatic nitrogens is 2. The van der Waals surface area contributed by atoms with Gasteiger partial charge in [-0.15, -0.1) is 0 Å². The van der Waals surface area contributed by atoms with E-state index in [0.29, 0.717) is 48.2 Å². The summed E-state index contributed by atoms with van der Waals surface area (Å²) in [5.74, 6) is 0.740. The van der Waals surface area contributed by atoms with Gasteiger partial charge >= 0.3 is 0 Å². The van der Waals surface area contributed by atoms with Crippen LogP contribution in [0.15, 0.2) is 28.8 Å². The van der Waals surface area contributed by atoms with Crippen molar-refractivity contribution in [1.82, 2.24) is 20.4 Å². The molecule has 7 nitrogen and oxygen atoms in total. The van der Waals surface area contributed by atoms with Crippen LogP contribution >= 0.6 is 11.6 Å². The Balaban J connectivity index is 1.48. The first-order chi connectivity index (χ1) is 12.0. The van der Waals surface area contributed by atoms with Gasteiger partial charge in [0, 0.05) is 29.6 Å². The maximum atomic E-state index is 12.5. The Morgan fingerprint density at radius 1 is 1.28 bits per heavy atom. The Hall–Kier alpha value is -2.41. The molecular formula is C17H19ClN4O3. The fraction of sp³-hybridized carbons (Fsp3) is 0.412. The lowest BCUT2D eigenvalue weighted by Gasteiger charge is -2.31. The second-order valence-corrected chi connectivity index (χ2v) is 6.46. The molecule has 3 rings (SSSR count). The molecule has 8 heteroatoms. The van der Waals surface area contributed by atoms with Crippen molar-refractivity contribution < 1.29 is 14.1 Å². The first-order valence-corrected chi connectivity index (χ1v) is 8.52. The fourth-order valence-corrected chi connectivity index (χ4v) is 2.96. The van der Waals surface area contributed by atoms with Crippen LogP contribution in [0.2, 0.25) is 5.02 Å². The smallest absolute Gasteiger partial charge is 0.253 e. The molecule has 1 N–H and O–H groups in total. The summed E-state index contributed by atoms with van der Waals surface area (Å²) < 4.78 is 4.97. The Kier molecular flexibility index (Phi) is 5.33. The van der Waals surface area contributed by atoms with Crippen LogP contribution in [0.25, 0.3) is 0 Å². The van der Waals surface area contributed by atoms with Crippen LogP contribution in [0, 0.1) is 12.8 Å². The highest BCUT2D eigenvalue weighted by Gasteiger charge is 2.27. The average molecular weight is 363 g/mol. The van der Waals surface area contributed by atoms with Gasteiger partial charge in [0.1, 0.15) is 0 Å². The van der Waals surface area contributed by atoms with E-state index in [2.05, 4.69) is 15.5 Å². The van der Waals surface area contributed by atoms with Gasteiger partial charge in [-0.3, -0.25) is 9.59 Å². The lowest BCUT2D eigenvalue weighted by molar-refractivity contribution is -0.126. The normalized spacial score (nSPS) is 15.2. The van der Waals surface area contributed by atoms with Gasteiger partial charge in [-0.2, -0.15) is 4.98 Å². The van der Waals surface area contributed by atoms with E-state index in [1.165, 1.54) is 0 Å². The molecule has 1 aromatic carbocycles. The average Bonchev–Trinajstić information content (AvgIpc) is 3.05. The molecule has 0 saturated carbocycles. The Bertz CT molecular complexity index is 752. The van der Waals surface area contributed by atoms with Crippen LogP contribution < -0.4 is 5.32 Å². The van der Waals surface area contributed by atoms with Crippen molar-refractivity contribution in [3.63, 3.8) is 0 Å². The fourth-order valence-electron chi connectivity index (χ4n) is 2.84. The largest absolute Gasteiger partial charge is 0.347 e. The predicted molar refractivity (Wildman–Crippen MR) is 91.0 cm³/mol. The maximum Gasteiger partial charge on any atom is 0.253 e. The molecule has 2 amide bonds. The molecule has 1 fully saturated rings. The summed E-state index contributed by atoms with van der Waals surface area (Å²) in [4.78, 5) is 30.5. The van der Waals surface area contributed by atoms with Crippen LogP contribution in [0.1, 0.15) is 34.9 Å². The Morgan fingerprint density at radius 3 is 2.56 bits per heavy atom. The number of benzene rings is 1. The van der Waals surface area contributed by atoms with Crippen molar-refractivity contribution >= 4 is 23.4 Å². The zero-order valence-corrected chi connectivity index (χ0v) is 14.6. The van der Waals surface area contributed by atoms with Gasteiger partial charge in [-0.05, 0) is 44.0 Å². The topological polar surface area (TPSA) is 88.3 Å². The summed E-state index contributed by atoms with van der Waals surface area (Å²) in [7, 11) is 0. The number of rotatable bonds is 4. The van der Waals surface area contributed by atoms with Gasteiger partial charge in [-0.1, -0.05) is 16.8 Å². The second kappa shape index (κ2) is 7.65. The number of hydrogen-bond donors (Lipinski definition) is 1. The molecule has 1 aliphatic rings. The van der Waals surface area contributed by atoms with Crippen molar-refractivity contribution in [1.29, 1.82) is 0 Å². The van der Waals surface area contributed by atoms with Crippen molar-refractivity contribution in [2.45, 2.75) is 26.3 Å². The number of carbonyl (C=O) groups is 2. The first-order valence-electron chi connectivity index (χ1n) is 8.14. The third kappa shape index (κ3) is 4.36. The summed E-state index contributed by atoms with van der Waals surface area (Å²) >= 11 is 5.85. The van der Waals surface area contributed by atoms with Gasteiger partial charge in [0.2, 0.25) is 11.8 Å². The van der Waals surface area contributed by atoms with Crippen LogP contribution in [0.3, 0.4) is 0 Å². The number of piperidine rings is 1. The number of likely N-dealkylation sites (tertiary alicyclic amines) is 1. The van der Waals surface area contributed by atoms with Crippen LogP contribution in [-0.4, -0.2) is 39.9 Å². The lowest BCUT2D eigenvalue weighted by Crippen LogP contribution is -2.42. The summed E-state index contributed by atoms with van der Waals surface area (Å²) in [6, 6.07) is 6.84. The number of hydrogen-bond acceptors (Lipinski definition) is 5. The number of halogens is 1. The molecule has 2 heterocycles. The Labute approximate surface area is 150 Å². The van der Waals surface area contributed by atoms with Crippen LogP contribution in [-0.2, 0) is 11.3 Å². The molecule has 25 heavy (non-hydrogen) atoms. The molecule has 0 bridgehead atoms. The van der Waals surface area contributed by atoms with Crippen molar-refractivity contribution in [3.05, 3.63) is 46.6 Å². The minimum absolute atomic E-state index is 0.0307. The number of amides is 2. The highest BCUT2D eigenvalue weighted by Crippen LogP contribution is 2.20. The zero-order valence-electron chi connectivity index (χ0n) is 13.9. The van der Waals surface area contributed by atoms with Crippen LogP contribution in [0.4, 0.5) is 0 Å². The van der Waals surface area contributed by atoms with Crippen LogP contribution in [0.5, 0.6) is 0 Å². The molecule has 0 aliphatic carbocycles. The van der Waals surface area contributed by atoms with Gasteiger partial charge in [0.15, 0.2) is 5.82 Å². The van der Waals surface area contributed by atoms with Crippen molar-refractivity contribution in [3.8, 4) is 0 Å². The molecule has 0 radical (unpaired) electrons. The third-order valence-corrected chi connectivity index (χ3v) is 4.48.